The van der Waals surface area contributed by atoms with Gasteiger partial charge in [-0.15, -0.1) is 0 Å². The molecular formula is C30H27NO3. The summed E-state index contributed by atoms with van der Waals surface area (Å²) < 4.78 is 2.32. The summed E-state index contributed by atoms with van der Waals surface area (Å²) in [6, 6.07) is 35.0. The smallest absolute Gasteiger partial charge is 0.303 e. The number of hydrogen-bond acceptors (Lipinski definition) is 2. The lowest BCUT2D eigenvalue weighted by Gasteiger charge is -2.06. The molecule has 0 aliphatic rings. The number of phenolic OH excluding ortho intramolecular Hbond substituents is 1. The fraction of sp³-hybridized carbons (Fsp3) is 0.100. The van der Waals surface area contributed by atoms with E-state index in [4.69, 9.17) is 5.11 Å². The number of fused-ring (bicyclic) bond motifs is 1. The average Bonchev–Trinajstić information content (AvgIpc) is 3.24. The summed E-state index contributed by atoms with van der Waals surface area (Å²) in [5.41, 5.74) is 6.78. The lowest BCUT2D eigenvalue weighted by Crippen LogP contribution is -1.97. The van der Waals surface area contributed by atoms with Crippen LogP contribution in [-0.2, 0) is 11.3 Å². The second kappa shape index (κ2) is 10.5. The third-order valence-electron chi connectivity index (χ3n) is 5.70. The van der Waals surface area contributed by atoms with Crippen LogP contribution in [0, 0.1) is 0 Å². The van der Waals surface area contributed by atoms with Gasteiger partial charge in [-0.1, -0.05) is 97.9 Å². The number of carbonyl (C=O) groups is 1. The van der Waals surface area contributed by atoms with Gasteiger partial charge in [-0.3, -0.25) is 4.79 Å². The SMILES string of the molecule is CCC(=O)O.Oc1ccccc1-c1ccc(-c2cn(Cc3ccccc3)c3ccccc23)cc1. The summed E-state index contributed by atoms with van der Waals surface area (Å²) in [4.78, 5) is 9.37. The zero-order valence-electron chi connectivity index (χ0n) is 19.1. The number of carboxylic acid groups (broad SMARTS) is 1. The Morgan fingerprint density at radius 1 is 0.735 bits per heavy atom. The molecule has 0 spiro atoms. The van der Waals surface area contributed by atoms with Crippen LogP contribution < -0.4 is 0 Å². The Kier molecular flexibility index (Phi) is 7.09. The summed E-state index contributed by atoms with van der Waals surface area (Å²) in [5.74, 6) is -0.440. The van der Waals surface area contributed by atoms with Crippen molar-refractivity contribution in [3.8, 4) is 28.0 Å². The minimum absolute atomic E-state index is 0.222. The number of para-hydroxylation sites is 2. The van der Waals surface area contributed by atoms with Crippen LogP contribution >= 0.6 is 0 Å². The number of aliphatic carboxylic acids is 1. The highest BCUT2D eigenvalue weighted by Crippen LogP contribution is 2.34. The molecule has 0 unspecified atom stereocenters. The van der Waals surface area contributed by atoms with E-state index in [2.05, 4.69) is 89.6 Å². The van der Waals surface area contributed by atoms with Crippen molar-refractivity contribution in [2.45, 2.75) is 19.9 Å². The Bertz CT molecular complexity index is 1390. The minimum atomic E-state index is -0.745. The van der Waals surface area contributed by atoms with E-state index in [-0.39, 0.29) is 6.42 Å². The molecule has 0 saturated heterocycles. The molecule has 4 heteroatoms. The van der Waals surface area contributed by atoms with Gasteiger partial charge in [-0.25, -0.2) is 0 Å². The number of aromatic nitrogens is 1. The summed E-state index contributed by atoms with van der Waals surface area (Å²) in [5, 5.41) is 19.1. The zero-order chi connectivity index (χ0) is 23.9. The number of aromatic hydroxyl groups is 1. The van der Waals surface area contributed by atoms with Crippen LogP contribution in [0.5, 0.6) is 5.75 Å². The molecule has 1 heterocycles. The quantitative estimate of drug-likeness (QED) is 0.298. The van der Waals surface area contributed by atoms with Gasteiger partial charge in [0.2, 0.25) is 0 Å². The van der Waals surface area contributed by atoms with Crippen molar-refractivity contribution >= 4 is 16.9 Å². The fourth-order valence-corrected chi connectivity index (χ4v) is 3.93. The van der Waals surface area contributed by atoms with Gasteiger partial charge >= 0.3 is 5.97 Å². The number of phenols is 1. The Balaban J connectivity index is 0.000000499. The standard InChI is InChI=1S/C27H21NO.C3H6O2/c29-27-13-7-5-10-23(27)21-14-16-22(17-15-21)25-19-28(18-20-8-2-1-3-9-20)26-12-6-4-11-24(25)26;1-2-3(4)5/h1-17,19,29H,18H2;2H2,1H3,(H,4,5). The molecule has 0 amide bonds. The Morgan fingerprint density at radius 3 is 1.94 bits per heavy atom. The summed E-state index contributed by atoms with van der Waals surface area (Å²) in [6.45, 7) is 2.44. The lowest BCUT2D eigenvalue weighted by molar-refractivity contribution is -0.136. The monoisotopic (exact) mass is 449 g/mol. The van der Waals surface area contributed by atoms with Crippen molar-refractivity contribution < 1.29 is 15.0 Å². The first-order chi connectivity index (χ1) is 16.6. The molecule has 0 aliphatic carbocycles. The van der Waals surface area contributed by atoms with E-state index in [0.29, 0.717) is 5.75 Å². The third kappa shape index (κ3) is 5.18. The van der Waals surface area contributed by atoms with E-state index in [9.17, 15) is 9.90 Å². The van der Waals surface area contributed by atoms with Gasteiger partial charge in [0.15, 0.2) is 0 Å². The summed E-state index contributed by atoms with van der Waals surface area (Å²) >= 11 is 0. The normalized spacial score (nSPS) is 10.5. The van der Waals surface area contributed by atoms with Gasteiger partial charge in [-0.2, -0.15) is 0 Å². The fourth-order valence-electron chi connectivity index (χ4n) is 3.93. The molecular weight excluding hydrogens is 422 g/mol. The van der Waals surface area contributed by atoms with Crippen LogP contribution in [0.4, 0.5) is 0 Å². The first kappa shape index (κ1) is 22.9. The Hall–Kier alpha value is -4.31. The van der Waals surface area contributed by atoms with Crippen molar-refractivity contribution in [1.82, 2.24) is 4.57 Å². The predicted molar refractivity (Wildman–Crippen MR) is 138 cm³/mol. The number of benzene rings is 4. The van der Waals surface area contributed by atoms with Crippen molar-refractivity contribution in [2.24, 2.45) is 0 Å². The first-order valence-electron chi connectivity index (χ1n) is 11.3. The molecule has 0 saturated carbocycles. The molecule has 1 aromatic heterocycles. The number of rotatable bonds is 5. The van der Waals surface area contributed by atoms with Gasteiger partial charge in [0, 0.05) is 41.2 Å². The summed E-state index contributed by atoms with van der Waals surface area (Å²) in [7, 11) is 0. The van der Waals surface area contributed by atoms with E-state index in [1.54, 1.807) is 13.0 Å². The number of carboxylic acids is 1. The van der Waals surface area contributed by atoms with Crippen molar-refractivity contribution in [2.75, 3.05) is 0 Å². The van der Waals surface area contributed by atoms with E-state index >= 15 is 0 Å². The number of nitrogens with zero attached hydrogens (tertiary/aromatic N) is 1. The maximum Gasteiger partial charge on any atom is 0.303 e. The highest BCUT2D eigenvalue weighted by molar-refractivity contribution is 5.96. The van der Waals surface area contributed by atoms with Gasteiger partial charge in [0.1, 0.15) is 5.75 Å². The molecule has 170 valence electrons. The van der Waals surface area contributed by atoms with E-state index in [1.165, 1.54) is 27.6 Å². The van der Waals surface area contributed by atoms with Crippen molar-refractivity contribution in [3.05, 3.63) is 115 Å². The van der Waals surface area contributed by atoms with Crippen LogP contribution in [0.2, 0.25) is 0 Å². The molecule has 0 aliphatic heterocycles. The van der Waals surface area contributed by atoms with Crippen molar-refractivity contribution in [1.29, 1.82) is 0 Å². The van der Waals surface area contributed by atoms with Crippen LogP contribution in [-0.4, -0.2) is 20.7 Å². The Morgan fingerprint density at radius 2 is 1.29 bits per heavy atom. The van der Waals surface area contributed by atoms with E-state index in [1.807, 2.05) is 18.2 Å². The summed E-state index contributed by atoms with van der Waals surface area (Å²) in [6.07, 6.45) is 2.46. The maximum atomic E-state index is 10.1. The lowest BCUT2D eigenvalue weighted by atomic mass is 9.99. The largest absolute Gasteiger partial charge is 0.507 e. The maximum absolute atomic E-state index is 10.1. The molecule has 2 N–H and O–H groups in total. The van der Waals surface area contributed by atoms with Crippen LogP contribution in [0.1, 0.15) is 18.9 Å². The molecule has 0 bridgehead atoms. The molecule has 4 nitrogen and oxygen atoms in total. The topological polar surface area (TPSA) is 62.5 Å². The zero-order valence-corrected chi connectivity index (χ0v) is 19.1. The van der Waals surface area contributed by atoms with Gasteiger partial charge < -0.3 is 14.8 Å². The molecule has 5 aromatic rings. The first-order valence-corrected chi connectivity index (χ1v) is 11.3. The molecule has 0 fully saturated rings. The molecule has 0 atom stereocenters. The van der Waals surface area contributed by atoms with Gasteiger partial charge in [0.25, 0.3) is 0 Å². The highest BCUT2D eigenvalue weighted by atomic mass is 16.4. The van der Waals surface area contributed by atoms with Crippen LogP contribution in [0.15, 0.2) is 109 Å². The number of hydrogen-bond donors (Lipinski definition) is 2. The molecule has 4 aromatic carbocycles. The van der Waals surface area contributed by atoms with Gasteiger partial charge in [-0.05, 0) is 28.8 Å². The molecule has 5 rings (SSSR count). The van der Waals surface area contributed by atoms with E-state index < -0.39 is 5.97 Å². The second-order valence-corrected chi connectivity index (χ2v) is 8.02. The van der Waals surface area contributed by atoms with Gasteiger partial charge in [0.05, 0.1) is 0 Å². The molecule has 0 radical (unpaired) electrons. The average molecular weight is 450 g/mol. The highest BCUT2D eigenvalue weighted by Gasteiger charge is 2.11. The Labute approximate surface area is 199 Å². The second-order valence-electron chi connectivity index (χ2n) is 8.02. The minimum Gasteiger partial charge on any atom is -0.507 e. The predicted octanol–water partition coefficient (Wildman–Crippen LogP) is 7.21. The van der Waals surface area contributed by atoms with Crippen molar-refractivity contribution in [3.63, 3.8) is 0 Å². The van der Waals surface area contributed by atoms with Crippen LogP contribution in [0.3, 0.4) is 0 Å². The third-order valence-corrected chi connectivity index (χ3v) is 5.70. The van der Waals surface area contributed by atoms with Crippen LogP contribution in [0.25, 0.3) is 33.2 Å². The van der Waals surface area contributed by atoms with E-state index in [0.717, 1.165) is 17.7 Å². The molecule has 34 heavy (non-hydrogen) atoms.